The predicted molar refractivity (Wildman–Crippen MR) is 58.5 cm³/mol. The molecule has 0 spiro atoms. The van der Waals surface area contributed by atoms with Crippen molar-refractivity contribution in [2.24, 2.45) is 0 Å². The summed E-state index contributed by atoms with van der Waals surface area (Å²) in [6, 6.07) is 3.58. The summed E-state index contributed by atoms with van der Waals surface area (Å²) in [7, 11) is 0. The summed E-state index contributed by atoms with van der Waals surface area (Å²) in [5, 5.41) is 8.95. The quantitative estimate of drug-likeness (QED) is 0.755. The fraction of sp³-hybridized carbons (Fsp3) is 0.417. The van der Waals surface area contributed by atoms with Gasteiger partial charge in [-0.05, 0) is 31.9 Å². The first kappa shape index (κ1) is 11.6. The second-order valence-corrected chi connectivity index (χ2v) is 3.49. The number of carbonyl (C=O) groups is 1. The molecule has 3 heteroatoms. The van der Waals surface area contributed by atoms with Crippen LogP contribution in [-0.2, 0) is 4.79 Å². The highest BCUT2D eigenvalue weighted by molar-refractivity contribution is 5.95. The highest BCUT2D eigenvalue weighted by atomic mass is 16.4. The molecule has 0 aliphatic heterocycles. The van der Waals surface area contributed by atoms with E-state index in [4.69, 9.17) is 9.52 Å². The van der Waals surface area contributed by atoms with Crippen molar-refractivity contribution in [3.63, 3.8) is 0 Å². The van der Waals surface area contributed by atoms with Gasteiger partial charge in [0.05, 0.1) is 6.26 Å². The number of hydrogen-bond acceptors (Lipinski definition) is 2. The Kier molecular flexibility index (Phi) is 4.16. The van der Waals surface area contributed by atoms with Gasteiger partial charge in [0, 0.05) is 11.1 Å². The van der Waals surface area contributed by atoms with Crippen LogP contribution in [0.25, 0.3) is 5.57 Å². The third-order valence-electron chi connectivity index (χ3n) is 2.37. The average molecular weight is 208 g/mol. The highest BCUT2D eigenvalue weighted by Crippen LogP contribution is 2.25. The van der Waals surface area contributed by atoms with E-state index < -0.39 is 5.97 Å². The molecule has 0 unspecified atom stereocenters. The zero-order chi connectivity index (χ0) is 11.3. The number of carboxylic acids is 1. The average Bonchev–Trinajstić information content (AvgIpc) is 2.71. The molecule has 1 N–H and O–H groups in total. The number of unbranched alkanes of at least 4 members (excludes halogenated alkanes) is 1. The Morgan fingerprint density at radius 1 is 1.53 bits per heavy atom. The van der Waals surface area contributed by atoms with Gasteiger partial charge in [0.15, 0.2) is 0 Å². The van der Waals surface area contributed by atoms with Gasteiger partial charge < -0.3 is 9.52 Å². The largest absolute Gasteiger partial charge is 0.478 e. The SMILES string of the molecule is CCCCC(=C(C)C(=O)O)c1ccco1. The van der Waals surface area contributed by atoms with E-state index in [1.54, 1.807) is 25.3 Å². The molecule has 1 heterocycles. The number of rotatable bonds is 5. The van der Waals surface area contributed by atoms with Crippen LogP contribution in [0.2, 0.25) is 0 Å². The number of carboxylic acid groups (broad SMARTS) is 1. The normalized spacial score (nSPS) is 12.4. The van der Waals surface area contributed by atoms with Crippen molar-refractivity contribution in [2.75, 3.05) is 0 Å². The molecule has 1 aromatic heterocycles. The van der Waals surface area contributed by atoms with Gasteiger partial charge in [-0.15, -0.1) is 0 Å². The molecule has 0 radical (unpaired) electrons. The molecule has 0 aliphatic carbocycles. The van der Waals surface area contributed by atoms with Crippen LogP contribution < -0.4 is 0 Å². The number of aliphatic carboxylic acids is 1. The second-order valence-electron chi connectivity index (χ2n) is 3.49. The molecule has 0 saturated heterocycles. The maximum atomic E-state index is 10.9. The van der Waals surface area contributed by atoms with E-state index in [0.717, 1.165) is 24.8 Å². The van der Waals surface area contributed by atoms with E-state index in [0.29, 0.717) is 11.3 Å². The topological polar surface area (TPSA) is 50.4 Å². The van der Waals surface area contributed by atoms with E-state index >= 15 is 0 Å². The van der Waals surface area contributed by atoms with E-state index in [9.17, 15) is 4.79 Å². The van der Waals surface area contributed by atoms with E-state index in [-0.39, 0.29) is 0 Å². The molecule has 15 heavy (non-hydrogen) atoms. The third-order valence-corrected chi connectivity index (χ3v) is 2.37. The highest BCUT2D eigenvalue weighted by Gasteiger charge is 2.12. The molecule has 0 atom stereocenters. The Morgan fingerprint density at radius 2 is 2.27 bits per heavy atom. The lowest BCUT2D eigenvalue weighted by Gasteiger charge is -2.06. The van der Waals surface area contributed by atoms with Crippen LogP contribution >= 0.6 is 0 Å². The van der Waals surface area contributed by atoms with Crippen molar-refractivity contribution >= 4 is 11.5 Å². The second kappa shape index (κ2) is 5.39. The summed E-state index contributed by atoms with van der Waals surface area (Å²) < 4.78 is 5.24. The molecule has 0 aromatic carbocycles. The molecule has 82 valence electrons. The number of hydrogen-bond donors (Lipinski definition) is 1. The molecule has 0 saturated carbocycles. The van der Waals surface area contributed by atoms with Crippen molar-refractivity contribution in [1.82, 2.24) is 0 Å². The Balaban J connectivity index is 2.98. The zero-order valence-corrected chi connectivity index (χ0v) is 9.12. The molecule has 0 bridgehead atoms. The van der Waals surface area contributed by atoms with E-state index in [1.165, 1.54) is 0 Å². The van der Waals surface area contributed by atoms with Gasteiger partial charge in [-0.2, -0.15) is 0 Å². The Labute approximate surface area is 89.4 Å². The zero-order valence-electron chi connectivity index (χ0n) is 9.12. The lowest BCUT2D eigenvalue weighted by molar-refractivity contribution is -0.132. The summed E-state index contributed by atoms with van der Waals surface area (Å²) >= 11 is 0. The minimum atomic E-state index is -0.877. The summed E-state index contributed by atoms with van der Waals surface area (Å²) in [6.45, 7) is 3.70. The maximum absolute atomic E-state index is 10.9. The molecule has 1 rings (SSSR count). The van der Waals surface area contributed by atoms with Crippen LogP contribution in [0.1, 0.15) is 38.9 Å². The fourth-order valence-electron chi connectivity index (χ4n) is 1.43. The number of allylic oxidation sites excluding steroid dienone is 1. The van der Waals surface area contributed by atoms with Crippen LogP contribution in [-0.4, -0.2) is 11.1 Å². The van der Waals surface area contributed by atoms with Gasteiger partial charge in [0.1, 0.15) is 5.76 Å². The molecule has 3 nitrogen and oxygen atoms in total. The number of furan rings is 1. The fourth-order valence-corrected chi connectivity index (χ4v) is 1.43. The van der Waals surface area contributed by atoms with Gasteiger partial charge in [-0.1, -0.05) is 13.3 Å². The first-order valence-corrected chi connectivity index (χ1v) is 5.13. The first-order chi connectivity index (χ1) is 7.16. The summed E-state index contributed by atoms with van der Waals surface area (Å²) in [5.41, 5.74) is 1.17. The first-order valence-electron chi connectivity index (χ1n) is 5.13. The molecule has 1 aromatic rings. The van der Waals surface area contributed by atoms with E-state index in [2.05, 4.69) is 6.92 Å². The summed E-state index contributed by atoms with van der Waals surface area (Å²) in [5.74, 6) is -0.208. The van der Waals surface area contributed by atoms with Crippen LogP contribution in [0.15, 0.2) is 28.4 Å². The lowest BCUT2D eigenvalue weighted by atomic mass is 10.0. The van der Waals surface area contributed by atoms with Crippen LogP contribution in [0, 0.1) is 0 Å². The van der Waals surface area contributed by atoms with Crippen molar-refractivity contribution in [2.45, 2.75) is 33.1 Å². The van der Waals surface area contributed by atoms with Crippen molar-refractivity contribution in [3.05, 3.63) is 29.7 Å². The molecule has 0 fully saturated rings. The van der Waals surface area contributed by atoms with Crippen LogP contribution in [0.4, 0.5) is 0 Å². The van der Waals surface area contributed by atoms with E-state index in [1.807, 2.05) is 0 Å². The van der Waals surface area contributed by atoms with Gasteiger partial charge in [-0.25, -0.2) is 4.79 Å². The Bertz CT molecular complexity index is 347. The Morgan fingerprint density at radius 3 is 2.73 bits per heavy atom. The minimum absolute atomic E-state index is 0.374. The van der Waals surface area contributed by atoms with Crippen molar-refractivity contribution < 1.29 is 14.3 Å². The standard InChI is InChI=1S/C12H16O3/c1-3-4-6-10(9(2)12(13)14)11-7-5-8-15-11/h5,7-8H,3-4,6H2,1-2H3,(H,13,14). The van der Waals surface area contributed by atoms with Gasteiger partial charge in [0.25, 0.3) is 0 Å². The minimum Gasteiger partial charge on any atom is -0.478 e. The van der Waals surface area contributed by atoms with Crippen LogP contribution in [0.3, 0.4) is 0 Å². The molecule has 0 aliphatic rings. The molecule has 0 amide bonds. The Hall–Kier alpha value is -1.51. The van der Waals surface area contributed by atoms with Gasteiger partial charge >= 0.3 is 5.97 Å². The van der Waals surface area contributed by atoms with Gasteiger partial charge in [0.2, 0.25) is 0 Å². The molecular formula is C12H16O3. The lowest BCUT2D eigenvalue weighted by Crippen LogP contribution is -2.00. The van der Waals surface area contributed by atoms with Crippen molar-refractivity contribution in [1.29, 1.82) is 0 Å². The smallest absolute Gasteiger partial charge is 0.331 e. The summed E-state index contributed by atoms with van der Waals surface area (Å²) in [4.78, 5) is 10.9. The van der Waals surface area contributed by atoms with Crippen LogP contribution in [0.5, 0.6) is 0 Å². The monoisotopic (exact) mass is 208 g/mol. The maximum Gasteiger partial charge on any atom is 0.331 e. The summed E-state index contributed by atoms with van der Waals surface area (Å²) in [6.07, 6.45) is 4.33. The molecular weight excluding hydrogens is 192 g/mol. The van der Waals surface area contributed by atoms with Crippen molar-refractivity contribution in [3.8, 4) is 0 Å². The third kappa shape index (κ3) is 2.98. The predicted octanol–water partition coefficient (Wildman–Crippen LogP) is 3.33. The van der Waals surface area contributed by atoms with Gasteiger partial charge in [-0.3, -0.25) is 0 Å².